The lowest BCUT2D eigenvalue weighted by atomic mass is 10.1. The highest BCUT2D eigenvalue weighted by atomic mass is 35.5. The van der Waals surface area contributed by atoms with E-state index >= 15 is 0 Å². The van der Waals surface area contributed by atoms with E-state index in [4.69, 9.17) is 23.2 Å². The van der Waals surface area contributed by atoms with Gasteiger partial charge in [-0.1, -0.05) is 30.1 Å². The summed E-state index contributed by atoms with van der Waals surface area (Å²) in [6.45, 7) is 3.66. The van der Waals surface area contributed by atoms with Gasteiger partial charge in [0.15, 0.2) is 11.2 Å². The van der Waals surface area contributed by atoms with Crippen molar-refractivity contribution < 1.29 is 4.39 Å². The van der Waals surface area contributed by atoms with Gasteiger partial charge in [0.1, 0.15) is 0 Å². The van der Waals surface area contributed by atoms with Gasteiger partial charge in [0.05, 0.1) is 20.9 Å². The first-order valence-electron chi connectivity index (χ1n) is 5.16. The van der Waals surface area contributed by atoms with Gasteiger partial charge in [0.2, 0.25) is 0 Å². The Bertz CT molecular complexity index is 664. The van der Waals surface area contributed by atoms with Crippen molar-refractivity contribution in [2.45, 2.75) is 20.3 Å². The van der Waals surface area contributed by atoms with E-state index in [-0.39, 0.29) is 20.9 Å². The quantitative estimate of drug-likeness (QED) is 0.787. The van der Waals surface area contributed by atoms with Gasteiger partial charge in [-0.25, -0.2) is 4.39 Å². The Hall–Kier alpha value is -1.06. The van der Waals surface area contributed by atoms with Crippen molar-refractivity contribution in [2.24, 2.45) is 0 Å². The summed E-state index contributed by atoms with van der Waals surface area (Å²) in [4.78, 5) is 15.2. The minimum absolute atomic E-state index is 0.0956. The topological polar surface area (TPSA) is 32.9 Å². The average Bonchev–Trinajstić information content (AvgIpc) is 2.26. The molecule has 0 aliphatic rings. The van der Waals surface area contributed by atoms with Crippen molar-refractivity contribution >= 4 is 34.1 Å². The van der Waals surface area contributed by atoms with Crippen molar-refractivity contribution in [2.75, 3.05) is 0 Å². The normalized spacial score (nSPS) is 11.1. The van der Waals surface area contributed by atoms with E-state index in [1.165, 1.54) is 6.07 Å². The zero-order chi connectivity index (χ0) is 12.7. The molecule has 0 aliphatic carbocycles. The summed E-state index contributed by atoms with van der Waals surface area (Å²) < 4.78 is 13.6. The van der Waals surface area contributed by atoms with Crippen LogP contribution in [0.15, 0.2) is 10.9 Å². The van der Waals surface area contributed by atoms with Crippen LogP contribution in [-0.4, -0.2) is 4.98 Å². The van der Waals surface area contributed by atoms with E-state index in [1.807, 2.05) is 6.92 Å². The second kappa shape index (κ2) is 4.31. The average molecular weight is 274 g/mol. The monoisotopic (exact) mass is 273 g/mol. The van der Waals surface area contributed by atoms with Gasteiger partial charge < -0.3 is 4.98 Å². The van der Waals surface area contributed by atoms with Crippen molar-refractivity contribution in [3.05, 3.63) is 43.4 Å². The zero-order valence-electron chi connectivity index (χ0n) is 9.33. The lowest BCUT2D eigenvalue weighted by Crippen LogP contribution is -2.13. The second-order valence-electron chi connectivity index (χ2n) is 3.82. The Morgan fingerprint density at radius 3 is 2.65 bits per heavy atom. The highest BCUT2D eigenvalue weighted by Crippen LogP contribution is 2.29. The fourth-order valence-electron chi connectivity index (χ4n) is 1.94. The number of aromatic nitrogens is 1. The maximum atomic E-state index is 13.6. The van der Waals surface area contributed by atoms with Crippen LogP contribution in [0.4, 0.5) is 4.39 Å². The molecule has 0 saturated carbocycles. The molecule has 0 radical (unpaired) electrons. The predicted molar refractivity (Wildman–Crippen MR) is 68.7 cm³/mol. The Morgan fingerprint density at radius 2 is 2.06 bits per heavy atom. The number of rotatable bonds is 1. The van der Waals surface area contributed by atoms with Gasteiger partial charge in [0.25, 0.3) is 0 Å². The van der Waals surface area contributed by atoms with E-state index in [0.29, 0.717) is 17.5 Å². The number of H-pyrrole nitrogens is 1. The molecule has 0 bridgehead atoms. The molecule has 0 amide bonds. The van der Waals surface area contributed by atoms with Crippen LogP contribution in [0.2, 0.25) is 10.0 Å². The summed E-state index contributed by atoms with van der Waals surface area (Å²) in [6.07, 6.45) is 0.567. The van der Waals surface area contributed by atoms with Crippen molar-refractivity contribution in [3.8, 4) is 0 Å². The summed E-state index contributed by atoms with van der Waals surface area (Å²) in [6, 6.07) is 1.38. The molecule has 0 spiro atoms. The molecule has 17 heavy (non-hydrogen) atoms. The number of fused-ring (bicyclic) bond motifs is 1. The SMILES string of the molecule is CCc1c(C)[nH]c2cc(Cl)c(F)c(Cl)c2c1=O. The summed E-state index contributed by atoms with van der Waals surface area (Å²) in [5, 5.41) is -0.152. The Labute approximate surface area is 107 Å². The molecule has 1 aromatic carbocycles. The van der Waals surface area contributed by atoms with Gasteiger partial charge in [-0.05, 0) is 19.4 Å². The van der Waals surface area contributed by atoms with Crippen molar-refractivity contribution in [1.29, 1.82) is 0 Å². The van der Waals surface area contributed by atoms with Crippen molar-refractivity contribution in [1.82, 2.24) is 4.98 Å². The molecule has 1 aromatic heterocycles. The standard InChI is InChI=1S/C12H10Cl2FNO/c1-3-6-5(2)16-8-4-7(13)11(15)10(14)9(8)12(6)17/h4H,3H2,1-2H3,(H,16,17). The maximum absolute atomic E-state index is 13.6. The molecule has 0 unspecified atom stereocenters. The molecule has 0 atom stereocenters. The summed E-state index contributed by atoms with van der Waals surface area (Å²) in [5.74, 6) is -0.753. The van der Waals surface area contributed by atoms with Gasteiger partial charge in [-0.15, -0.1) is 0 Å². The molecule has 5 heteroatoms. The number of nitrogens with one attached hydrogen (secondary N) is 1. The van der Waals surface area contributed by atoms with E-state index in [2.05, 4.69) is 4.98 Å². The third kappa shape index (κ3) is 1.83. The molecule has 90 valence electrons. The van der Waals surface area contributed by atoms with Crippen LogP contribution >= 0.6 is 23.2 Å². The zero-order valence-corrected chi connectivity index (χ0v) is 10.8. The summed E-state index contributed by atoms with van der Waals surface area (Å²) >= 11 is 11.5. The van der Waals surface area contributed by atoms with Crippen LogP contribution in [0.1, 0.15) is 18.2 Å². The van der Waals surface area contributed by atoms with Gasteiger partial charge >= 0.3 is 0 Å². The van der Waals surface area contributed by atoms with Crippen LogP contribution in [0.25, 0.3) is 10.9 Å². The number of hydrogen-bond acceptors (Lipinski definition) is 1. The largest absolute Gasteiger partial charge is 0.358 e. The first-order valence-corrected chi connectivity index (χ1v) is 5.92. The minimum atomic E-state index is -0.753. The second-order valence-corrected chi connectivity index (χ2v) is 4.61. The van der Waals surface area contributed by atoms with Gasteiger partial charge in [-0.2, -0.15) is 0 Å². The van der Waals surface area contributed by atoms with Crippen LogP contribution < -0.4 is 5.43 Å². The molecule has 0 fully saturated rings. The Morgan fingerprint density at radius 1 is 1.41 bits per heavy atom. The van der Waals surface area contributed by atoms with E-state index < -0.39 is 5.82 Å². The summed E-state index contributed by atoms with van der Waals surface area (Å²) in [5.41, 5.74) is 1.59. The fraction of sp³-hybridized carbons (Fsp3) is 0.250. The van der Waals surface area contributed by atoms with Gasteiger partial charge in [0, 0.05) is 11.3 Å². The maximum Gasteiger partial charge on any atom is 0.194 e. The van der Waals surface area contributed by atoms with Gasteiger partial charge in [-0.3, -0.25) is 4.79 Å². The van der Waals surface area contributed by atoms with Crippen LogP contribution in [-0.2, 0) is 6.42 Å². The summed E-state index contributed by atoms with van der Waals surface area (Å²) in [7, 11) is 0. The number of halogens is 3. The van der Waals surface area contributed by atoms with E-state index in [9.17, 15) is 9.18 Å². The molecule has 1 heterocycles. The first-order chi connectivity index (χ1) is 7.97. The highest BCUT2D eigenvalue weighted by molar-refractivity contribution is 6.38. The van der Waals surface area contributed by atoms with Crippen LogP contribution in [0.5, 0.6) is 0 Å². The molecular weight excluding hydrogens is 264 g/mol. The number of benzene rings is 1. The molecule has 1 N–H and O–H groups in total. The van der Waals surface area contributed by atoms with Crippen molar-refractivity contribution in [3.63, 3.8) is 0 Å². The minimum Gasteiger partial charge on any atom is -0.358 e. The molecular formula is C12H10Cl2FNO. The van der Waals surface area contributed by atoms with Crippen LogP contribution in [0, 0.1) is 12.7 Å². The third-order valence-corrected chi connectivity index (χ3v) is 3.42. The fourth-order valence-corrected chi connectivity index (χ4v) is 2.48. The van der Waals surface area contributed by atoms with E-state index in [1.54, 1.807) is 6.92 Å². The predicted octanol–water partition coefficient (Wildman–Crippen LogP) is 3.84. The lowest BCUT2D eigenvalue weighted by molar-refractivity contribution is 0.630. The lowest BCUT2D eigenvalue weighted by Gasteiger charge is -2.08. The number of hydrogen-bond donors (Lipinski definition) is 1. The first kappa shape index (κ1) is 12.4. The Kier molecular flexibility index (Phi) is 3.15. The number of aryl methyl sites for hydroxylation is 1. The third-order valence-electron chi connectivity index (χ3n) is 2.79. The molecule has 0 aliphatic heterocycles. The molecule has 2 rings (SSSR count). The highest BCUT2D eigenvalue weighted by Gasteiger charge is 2.16. The molecule has 0 saturated heterocycles. The molecule has 2 nitrogen and oxygen atoms in total. The van der Waals surface area contributed by atoms with Crippen LogP contribution in [0.3, 0.4) is 0 Å². The van der Waals surface area contributed by atoms with E-state index in [0.717, 1.165) is 5.69 Å². The number of aromatic amines is 1. The Balaban J connectivity index is 3.04. The number of pyridine rings is 1. The molecule has 2 aromatic rings. The smallest absolute Gasteiger partial charge is 0.194 e.